The standard InChI is InChI=1S/C14H13N5O2/c1-2-8-7-11(19-18-8)16-14(21)12-15-10-6-4-3-5-9(10)13(20)17-12/h3-7H,2H2,1H3,(H,15,17,20)(H2,16,18,19,21). The van der Waals surface area contributed by atoms with E-state index in [-0.39, 0.29) is 11.4 Å². The van der Waals surface area contributed by atoms with E-state index in [2.05, 4.69) is 25.5 Å². The number of H-pyrrole nitrogens is 2. The lowest BCUT2D eigenvalue weighted by Crippen LogP contribution is -2.21. The van der Waals surface area contributed by atoms with E-state index in [0.29, 0.717) is 16.7 Å². The van der Waals surface area contributed by atoms with Crippen molar-refractivity contribution in [2.75, 3.05) is 5.32 Å². The Bertz CT molecular complexity index is 865. The molecule has 0 aliphatic heterocycles. The molecule has 0 fully saturated rings. The molecule has 21 heavy (non-hydrogen) atoms. The van der Waals surface area contributed by atoms with E-state index >= 15 is 0 Å². The molecule has 0 aliphatic carbocycles. The van der Waals surface area contributed by atoms with E-state index in [1.165, 1.54) is 0 Å². The van der Waals surface area contributed by atoms with Crippen LogP contribution in [0.4, 0.5) is 5.82 Å². The number of benzene rings is 1. The smallest absolute Gasteiger partial charge is 0.292 e. The van der Waals surface area contributed by atoms with E-state index in [0.717, 1.165) is 12.1 Å². The number of carbonyl (C=O) groups is 1. The lowest BCUT2D eigenvalue weighted by molar-refractivity contribution is 0.101. The summed E-state index contributed by atoms with van der Waals surface area (Å²) in [6, 6.07) is 8.58. The van der Waals surface area contributed by atoms with Crippen molar-refractivity contribution < 1.29 is 4.79 Å². The lowest BCUT2D eigenvalue weighted by Gasteiger charge is -2.02. The summed E-state index contributed by atoms with van der Waals surface area (Å²) >= 11 is 0. The van der Waals surface area contributed by atoms with Gasteiger partial charge in [0.2, 0.25) is 0 Å². The monoisotopic (exact) mass is 283 g/mol. The van der Waals surface area contributed by atoms with Crippen LogP contribution in [-0.2, 0) is 6.42 Å². The van der Waals surface area contributed by atoms with Crippen LogP contribution >= 0.6 is 0 Å². The predicted molar refractivity (Wildman–Crippen MR) is 78.3 cm³/mol. The molecule has 2 heterocycles. The van der Waals surface area contributed by atoms with Gasteiger partial charge in [-0.1, -0.05) is 19.1 Å². The number of aromatic amines is 2. The molecule has 3 rings (SSSR count). The Balaban J connectivity index is 1.92. The minimum Gasteiger partial charge on any atom is -0.302 e. The first-order chi connectivity index (χ1) is 10.2. The molecule has 0 aliphatic rings. The van der Waals surface area contributed by atoms with Crippen LogP contribution in [0.5, 0.6) is 0 Å². The van der Waals surface area contributed by atoms with Gasteiger partial charge in [-0.2, -0.15) is 5.10 Å². The Morgan fingerprint density at radius 2 is 2.14 bits per heavy atom. The molecule has 7 heteroatoms. The van der Waals surface area contributed by atoms with Crippen molar-refractivity contribution >= 4 is 22.6 Å². The molecule has 0 bridgehead atoms. The van der Waals surface area contributed by atoms with Crippen LogP contribution in [0.2, 0.25) is 0 Å². The predicted octanol–water partition coefficient (Wildman–Crippen LogP) is 1.46. The van der Waals surface area contributed by atoms with Crippen molar-refractivity contribution in [3.63, 3.8) is 0 Å². The van der Waals surface area contributed by atoms with Crippen molar-refractivity contribution in [2.24, 2.45) is 0 Å². The van der Waals surface area contributed by atoms with Crippen molar-refractivity contribution in [2.45, 2.75) is 13.3 Å². The number of hydrogen-bond acceptors (Lipinski definition) is 4. The second kappa shape index (κ2) is 5.20. The van der Waals surface area contributed by atoms with Gasteiger partial charge in [0.15, 0.2) is 11.6 Å². The maximum Gasteiger partial charge on any atom is 0.292 e. The van der Waals surface area contributed by atoms with E-state index in [4.69, 9.17) is 0 Å². The molecule has 0 atom stereocenters. The Labute approximate surface area is 119 Å². The first kappa shape index (κ1) is 13.0. The Morgan fingerprint density at radius 3 is 2.90 bits per heavy atom. The highest BCUT2D eigenvalue weighted by Gasteiger charge is 2.12. The third-order valence-electron chi connectivity index (χ3n) is 3.08. The van der Waals surface area contributed by atoms with E-state index in [1.807, 2.05) is 6.92 Å². The van der Waals surface area contributed by atoms with Crippen LogP contribution in [0.1, 0.15) is 23.2 Å². The largest absolute Gasteiger partial charge is 0.302 e. The highest BCUT2D eigenvalue weighted by molar-refractivity contribution is 6.01. The fourth-order valence-corrected chi connectivity index (χ4v) is 1.98. The minimum absolute atomic E-state index is 0.0419. The molecule has 7 nitrogen and oxygen atoms in total. The number of hydrogen-bond donors (Lipinski definition) is 3. The maximum atomic E-state index is 12.1. The molecular formula is C14H13N5O2. The number of para-hydroxylation sites is 1. The number of anilines is 1. The zero-order valence-corrected chi connectivity index (χ0v) is 11.3. The number of aromatic nitrogens is 4. The normalized spacial score (nSPS) is 10.7. The van der Waals surface area contributed by atoms with Crippen LogP contribution in [0.25, 0.3) is 10.9 Å². The third kappa shape index (κ3) is 2.53. The molecule has 106 valence electrons. The second-order valence-corrected chi connectivity index (χ2v) is 4.52. The van der Waals surface area contributed by atoms with Gasteiger partial charge in [-0.05, 0) is 18.6 Å². The summed E-state index contributed by atoms with van der Waals surface area (Å²) in [5, 5.41) is 9.79. The fourth-order valence-electron chi connectivity index (χ4n) is 1.98. The number of rotatable bonds is 3. The van der Waals surface area contributed by atoms with Crippen LogP contribution in [-0.4, -0.2) is 26.1 Å². The quantitative estimate of drug-likeness (QED) is 0.677. The fraction of sp³-hybridized carbons (Fsp3) is 0.143. The average Bonchev–Trinajstić information content (AvgIpc) is 2.95. The molecule has 0 unspecified atom stereocenters. The molecule has 0 saturated heterocycles. The van der Waals surface area contributed by atoms with Gasteiger partial charge in [0.1, 0.15) is 0 Å². The van der Waals surface area contributed by atoms with Gasteiger partial charge >= 0.3 is 0 Å². The summed E-state index contributed by atoms with van der Waals surface area (Å²) in [7, 11) is 0. The summed E-state index contributed by atoms with van der Waals surface area (Å²) < 4.78 is 0. The van der Waals surface area contributed by atoms with Gasteiger partial charge < -0.3 is 10.3 Å². The van der Waals surface area contributed by atoms with Gasteiger partial charge in [0, 0.05) is 11.8 Å². The summed E-state index contributed by atoms with van der Waals surface area (Å²) in [5.74, 6) is -0.153. The van der Waals surface area contributed by atoms with Crippen LogP contribution in [0.3, 0.4) is 0 Å². The maximum absolute atomic E-state index is 12.1. The number of fused-ring (bicyclic) bond motifs is 1. The topological polar surface area (TPSA) is 104 Å². The van der Waals surface area contributed by atoms with Gasteiger partial charge in [-0.15, -0.1) is 0 Å². The lowest BCUT2D eigenvalue weighted by atomic mass is 10.2. The molecule has 3 aromatic rings. The number of nitrogens with zero attached hydrogens (tertiary/aromatic N) is 2. The van der Waals surface area contributed by atoms with Gasteiger partial charge in [0.25, 0.3) is 11.5 Å². The number of nitrogens with one attached hydrogen (secondary N) is 3. The molecule has 3 N–H and O–H groups in total. The third-order valence-corrected chi connectivity index (χ3v) is 3.08. The van der Waals surface area contributed by atoms with Gasteiger partial charge in [-0.3, -0.25) is 14.7 Å². The summed E-state index contributed by atoms with van der Waals surface area (Å²) in [5.41, 5.74) is 1.04. The number of aryl methyl sites for hydroxylation is 1. The highest BCUT2D eigenvalue weighted by Crippen LogP contribution is 2.09. The minimum atomic E-state index is -0.507. The first-order valence-electron chi connectivity index (χ1n) is 6.52. The van der Waals surface area contributed by atoms with Crippen LogP contribution < -0.4 is 10.9 Å². The zero-order chi connectivity index (χ0) is 14.8. The highest BCUT2D eigenvalue weighted by atomic mass is 16.2. The molecule has 0 radical (unpaired) electrons. The molecule has 1 amide bonds. The molecule has 2 aromatic heterocycles. The Morgan fingerprint density at radius 1 is 1.33 bits per heavy atom. The SMILES string of the molecule is CCc1cc(NC(=O)c2nc3ccccc3c(=O)[nH]2)n[nH]1. The van der Waals surface area contributed by atoms with Crippen LogP contribution in [0.15, 0.2) is 35.1 Å². The van der Waals surface area contributed by atoms with E-state index in [1.54, 1.807) is 30.3 Å². The summed E-state index contributed by atoms with van der Waals surface area (Å²) in [6.45, 7) is 1.97. The summed E-state index contributed by atoms with van der Waals surface area (Å²) in [4.78, 5) is 30.6. The van der Waals surface area contributed by atoms with Crippen molar-refractivity contribution in [3.8, 4) is 0 Å². The number of carbonyl (C=O) groups excluding carboxylic acids is 1. The van der Waals surface area contributed by atoms with Crippen LogP contribution in [0, 0.1) is 0 Å². The number of amides is 1. The van der Waals surface area contributed by atoms with E-state index < -0.39 is 5.91 Å². The average molecular weight is 283 g/mol. The van der Waals surface area contributed by atoms with Crippen molar-refractivity contribution in [3.05, 3.63) is 52.2 Å². The molecule has 1 aromatic carbocycles. The Kier molecular flexibility index (Phi) is 3.23. The molecule has 0 spiro atoms. The Hall–Kier alpha value is -2.96. The van der Waals surface area contributed by atoms with Gasteiger partial charge in [0.05, 0.1) is 10.9 Å². The summed E-state index contributed by atoms with van der Waals surface area (Å²) in [6.07, 6.45) is 0.786. The van der Waals surface area contributed by atoms with E-state index in [9.17, 15) is 9.59 Å². The van der Waals surface area contributed by atoms with Crippen molar-refractivity contribution in [1.29, 1.82) is 0 Å². The second-order valence-electron chi connectivity index (χ2n) is 4.52. The van der Waals surface area contributed by atoms with Gasteiger partial charge in [-0.25, -0.2) is 4.98 Å². The van der Waals surface area contributed by atoms with Crippen molar-refractivity contribution in [1.82, 2.24) is 20.2 Å². The molecule has 0 saturated carbocycles. The first-order valence-corrected chi connectivity index (χ1v) is 6.52. The molecular weight excluding hydrogens is 270 g/mol. The zero-order valence-electron chi connectivity index (χ0n) is 11.3.